The number of likely N-dealkylation sites (tertiary alicyclic amines) is 1. The number of hydrogen-bond donors (Lipinski definition) is 0. The summed E-state index contributed by atoms with van der Waals surface area (Å²) < 4.78 is 32.9. The summed E-state index contributed by atoms with van der Waals surface area (Å²) in [6, 6.07) is 12.0. The molecule has 3 rings (SSSR count). The smallest absolute Gasteiger partial charge is 0.223 e. The van der Waals surface area contributed by atoms with Crippen molar-refractivity contribution in [2.45, 2.75) is 38.3 Å². The van der Waals surface area contributed by atoms with Crippen molar-refractivity contribution >= 4 is 5.91 Å². The molecule has 0 aliphatic carbocycles. The monoisotopic (exact) mass is 359 g/mol. The molecule has 0 aromatic heterocycles. The molecule has 1 aliphatic rings. The van der Waals surface area contributed by atoms with E-state index < -0.39 is 6.10 Å². The van der Waals surface area contributed by atoms with E-state index in [0.29, 0.717) is 19.6 Å². The number of ether oxygens (including phenoxy) is 1. The Labute approximate surface area is 152 Å². The Morgan fingerprint density at radius 3 is 2.08 bits per heavy atom. The van der Waals surface area contributed by atoms with Crippen molar-refractivity contribution in [2.24, 2.45) is 0 Å². The molecular formula is C21H23F2NO2. The first-order chi connectivity index (χ1) is 12.6. The molecule has 1 aliphatic heterocycles. The second-order valence-electron chi connectivity index (χ2n) is 6.53. The van der Waals surface area contributed by atoms with E-state index in [1.165, 1.54) is 24.3 Å². The molecule has 1 unspecified atom stereocenters. The molecule has 0 bridgehead atoms. The molecule has 1 saturated heterocycles. The number of rotatable bonds is 7. The highest BCUT2D eigenvalue weighted by Crippen LogP contribution is 2.39. The second-order valence-corrected chi connectivity index (χ2v) is 6.53. The number of carbonyl (C=O) groups excluding carboxylic acids is 1. The Morgan fingerprint density at radius 1 is 1.00 bits per heavy atom. The average molecular weight is 359 g/mol. The van der Waals surface area contributed by atoms with Gasteiger partial charge in [0.1, 0.15) is 17.7 Å². The van der Waals surface area contributed by atoms with Crippen LogP contribution in [0, 0.1) is 11.6 Å². The maximum atomic E-state index is 13.4. The van der Waals surface area contributed by atoms with E-state index in [1.54, 1.807) is 29.2 Å². The molecule has 1 fully saturated rings. The standard InChI is InChI=1S/C21H23F2NO2/c1-2-14-26-21(16-7-11-18(23)12-8-16)20(24-13-3-4-19(24)25)15-5-9-17(22)10-6-15/h5-12,20-21H,2-4,13-14H2,1H3/t20?,21-/m1/s1. The quantitative estimate of drug-likeness (QED) is 0.711. The molecule has 2 aromatic carbocycles. The van der Waals surface area contributed by atoms with Gasteiger partial charge in [-0.3, -0.25) is 4.79 Å². The van der Waals surface area contributed by atoms with Crippen molar-refractivity contribution < 1.29 is 18.3 Å². The molecule has 2 aromatic rings. The first-order valence-electron chi connectivity index (χ1n) is 9.02. The van der Waals surface area contributed by atoms with Gasteiger partial charge in [-0.1, -0.05) is 31.2 Å². The van der Waals surface area contributed by atoms with Crippen molar-refractivity contribution in [3.05, 3.63) is 71.3 Å². The van der Waals surface area contributed by atoms with E-state index in [2.05, 4.69) is 0 Å². The normalized spacial score (nSPS) is 16.7. The van der Waals surface area contributed by atoms with Gasteiger partial charge < -0.3 is 9.64 Å². The number of benzene rings is 2. The van der Waals surface area contributed by atoms with Gasteiger partial charge >= 0.3 is 0 Å². The predicted octanol–water partition coefficient (Wildman–Crippen LogP) is 4.80. The summed E-state index contributed by atoms with van der Waals surface area (Å²) in [5.41, 5.74) is 1.61. The average Bonchev–Trinajstić information content (AvgIpc) is 3.06. The van der Waals surface area contributed by atoms with Crippen LogP contribution in [0.1, 0.15) is 49.5 Å². The van der Waals surface area contributed by atoms with Crippen LogP contribution in [0.4, 0.5) is 8.78 Å². The topological polar surface area (TPSA) is 29.5 Å². The van der Waals surface area contributed by atoms with E-state index in [9.17, 15) is 13.6 Å². The third-order valence-electron chi connectivity index (χ3n) is 4.64. The molecule has 1 heterocycles. The first-order valence-corrected chi connectivity index (χ1v) is 9.02. The summed E-state index contributed by atoms with van der Waals surface area (Å²) in [4.78, 5) is 14.3. The van der Waals surface area contributed by atoms with Gasteiger partial charge in [0.2, 0.25) is 5.91 Å². The fraction of sp³-hybridized carbons (Fsp3) is 0.381. The Hall–Kier alpha value is -2.27. The van der Waals surface area contributed by atoms with Crippen LogP contribution in [0.25, 0.3) is 0 Å². The van der Waals surface area contributed by atoms with Crippen LogP contribution in [-0.4, -0.2) is 24.0 Å². The molecule has 138 valence electrons. The summed E-state index contributed by atoms with van der Waals surface area (Å²) in [6.07, 6.45) is 1.67. The number of amides is 1. The van der Waals surface area contributed by atoms with E-state index in [1.807, 2.05) is 6.92 Å². The zero-order valence-electron chi connectivity index (χ0n) is 14.8. The van der Waals surface area contributed by atoms with Gasteiger partial charge in [-0.25, -0.2) is 8.78 Å². The van der Waals surface area contributed by atoms with Gasteiger partial charge in [-0.05, 0) is 48.2 Å². The third-order valence-corrected chi connectivity index (χ3v) is 4.64. The van der Waals surface area contributed by atoms with Crippen LogP contribution < -0.4 is 0 Å². The lowest BCUT2D eigenvalue weighted by atomic mass is 9.94. The molecular weight excluding hydrogens is 336 g/mol. The highest BCUT2D eigenvalue weighted by Gasteiger charge is 2.36. The number of hydrogen-bond acceptors (Lipinski definition) is 2. The molecule has 0 radical (unpaired) electrons. The molecule has 1 amide bonds. The summed E-state index contributed by atoms with van der Waals surface area (Å²) >= 11 is 0. The highest BCUT2D eigenvalue weighted by molar-refractivity contribution is 5.78. The second kappa shape index (κ2) is 8.41. The zero-order valence-corrected chi connectivity index (χ0v) is 14.8. The van der Waals surface area contributed by atoms with Crippen LogP contribution in [0.5, 0.6) is 0 Å². The molecule has 5 heteroatoms. The minimum Gasteiger partial charge on any atom is -0.371 e. The van der Waals surface area contributed by atoms with Crippen LogP contribution in [0.2, 0.25) is 0 Å². The largest absolute Gasteiger partial charge is 0.371 e. The minimum absolute atomic E-state index is 0.0616. The fourth-order valence-corrected chi connectivity index (χ4v) is 3.41. The minimum atomic E-state index is -0.442. The molecule has 2 atom stereocenters. The van der Waals surface area contributed by atoms with Crippen molar-refractivity contribution in [2.75, 3.05) is 13.2 Å². The predicted molar refractivity (Wildman–Crippen MR) is 95.5 cm³/mol. The zero-order chi connectivity index (χ0) is 18.5. The molecule has 0 N–H and O–H groups in total. The van der Waals surface area contributed by atoms with Crippen molar-refractivity contribution in [3.8, 4) is 0 Å². The summed E-state index contributed by atoms with van der Waals surface area (Å²) in [7, 11) is 0. The Balaban J connectivity index is 2.03. The lowest BCUT2D eigenvalue weighted by molar-refractivity contribution is -0.133. The molecule has 0 spiro atoms. The van der Waals surface area contributed by atoms with E-state index in [4.69, 9.17) is 4.74 Å². The van der Waals surface area contributed by atoms with Crippen LogP contribution in [0.3, 0.4) is 0 Å². The Morgan fingerprint density at radius 2 is 1.58 bits per heavy atom. The lowest BCUT2D eigenvalue weighted by Gasteiger charge is -2.35. The maximum Gasteiger partial charge on any atom is 0.223 e. The Kier molecular flexibility index (Phi) is 5.99. The molecule has 3 nitrogen and oxygen atoms in total. The van der Waals surface area contributed by atoms with Gasteiger partial charge in [0.15, 0.2) is 0 Å². The molecule has 0 saturated carbocycles. The van der Waals surface area contributed by atoms with E-state index in [-0.39, 0.29) is 23.6 Å². The number of carbonyl (C=O) groups is 1. The third kappa shape index (κ3) is 4.10. The van der Waals surface area contributed by atoms with Crippen molar-refractivity contribution in [1.82, 2.24) is 4.90 Å². The summed E-state index contributed by atoms with van der Waals surface area (Å²) in [5.74, 6) is -0.585. The van der Waals surface area contributed by atoms with Gasteiger partial charge in [-0.15, -0.1) is 0 Å². The van der Waals surface area contributed by atoms with Crippen molar-refractivity contribution in [1.29, 1.82) is 0 Å². The highest BCUT2D eigenvalue weighted by atomic mass is 19.1. The van der Waals surface area contributed by atoms with Gasteiger partial charge in [0.25, 0.3) is 0 Å². The summed E-state index contributed by atoms with van der Waals surface area (Å²) in [6.45, 7) is 3.16. The Bertz CT molecular complexity index is 731. The van der Waals surface area contributed by atoms with E-state index in [0.717, 1.165) is 24.0 Å². The lowest BCUT2D eigenvalue weighted by Crippen LogP contribution is -2.35. The van der Waals surface area contributed by atoms with Gasteiger partial charge in [0, 0.05) is 19.6 Å². The first kappa shape index (κ1) is 18.5. The number of nitrogens with zero attached hydrogens (tertiary/aromatic N) is 1. The van der Waals surface area contributed by atoms with Gasteiger partial charge in [0.05, 0.1) is 6.04 Å². The van der Waals surface area contributed by atoms with Gasteiger partial charge in [-0.2, -0.15) is 0 Å². The summed E-state index contributed by atoms with van der Waals surface area (Å²) in [5, 5.41) is 0. The van der Waals surface area contributed by atoms with Crippen LogP contribution >= 0.6 is 0 Å². The molecule has 26 heavy (non-hydrogen) atoms. The number of halogens is 2. The maximum absolute atomic E-state index is 13.4. The van der Waals surface area contributed by atoms with Crippen LogP contribution in [-0.2, 0) is 9.53 Å². The SMILES string of the molecule is CCCO[C@H](c1ccc(F)cc1)C(c1ccc(F)cc1)N1CCCC1=O. The van der Waals surface area contributed by atoms with Crippen molar-refractivity contribution in [3.63, 3.8) is 0 Å². The van der Waals surface area contributed by atoms with Crippen LogP contribution in [0.15, 0.2) is 48.5 Å². The fourth-order valence-electron chi connectivity index (χ4n) is 3.41. The van der Waals surface area contributed by atoms with E-state index >= 15 is 0 Å².